The molecule has 0 bridgehead atoms. The van der Waals surface area contributed by atoms with E-state index in [1.807, 2.05) is 6.92 Å². The maximum Gasteiger partial charge on any atom is 0.261 e. The standard InChI is InChI=1S/C18H23N3O3S/c1-11(5-7-13-4-3-9-24-13)19-16(22)12-6-8-14-15(10-12)20-18(25)21(2)17(14)23/h6,8,10-11,13H,3-5,7,9H2,1-2H3,(H,19,22)(H,20,25)/t11-,13+/m1/s1. The van der Waals surface area contributed by atoms with Crippen molar-refractivity contribution in [1.29, 1.82) is 0 Å². The molecule has 2 heterocycles. The summed E-state index contributed by atoms with van der Waals surface area (Å²) in [6, 6.07) is 5.07. The zero-order valence-electron chi connectivity index (χ0n) is 14.5. The lowest BCUT2D eigenvalue weighted by atomic mass is 10.1. The summed E-state index contributed by atoms with van der Waals surface area (Å²) in [5.41, 5.74) is 0.916. The van der Waals surface area contributed by atoms with Crippen LogP contribution < -0.4 is 10.9 Å². The Bertz CT molecular complexity index is 897. The Hall–Kier alpha value is -1.99. The number of nitrogens with one attached hydrogen (secondary N) is 2. The Labute approximate surface area is 151 Å². The van der Waals surface area contributed by atoms with E-state index in [4.69, 9.17) is 17.0 Å². The van der Waals surface area contributed by atoms with Gasteiger partial charge in [0.15, 0.2) is 4.77 Å². The molecule has 1 aromatic carbocycles. The molecule has 0 saturated carbocycles. The van der Waals surface area contributed by atoms with Crippen LogP contribution in [-0.2, 0) is 11.8 Å². The van der Waals surface area contributed by atoms with E-state index < -0.39 is 0 Å². The first-order valence-corrected chi connectivity index (χ1v) is 9.02. The number of fused-ring (bicyclic) bond motifs is 1. The molecule has 6 nitrogen and oxygen atoms in total. The lowest BCUT2D eigenvalue weighted by molar-refractivity contribution is 0.0899. The first kappa shape index (κ1) is 17.8. The van der Waals surface area contributed by atoms with E-state index in [9.17, 15) is 9.59 Å². The SMILES string of the molecule is C[C@H](CC[C@@H]1CCCO1)NC(=O)c1ccc2c(=O)n(C)c(=S)[nH]c2c1. The maximum absolute atomic E-state index is 12.5. The van der Waals surface area contributed by atoms with Gasteiger partial charge >= 0.3 is 0 Å². The third-order valence-electron chi connectivity index (χ3n) is 4.69. The van der Waals surface area contributed by atoms with Gasteiger partial charge in [-0.1, -0.05) is 0 Å². The van der Waals surface area contributed by atoms with Gasteiger partial charge in [0, 0.05) is 25.3 Å². The number of carbonyl (C=O) groups is 1. The van der Waals surface area contributed by atoms with Crippen molar-refractivity contribution in [1.82, 2.24) is 14.9 Å². The minimum atomic E-state index is -0.171. The molecule has 134 valence electrons. The van der Waals surface area contributed by atoms with Crippen LogP contribution in [0, 0.1) is 4.77 Å². The highest BCUT2D eigenvalue weighted by Crippen LogP contribution is 2.18. The number of carbonyl (C=O) groups excluding carboxylic acids is 1. The van der Waals surface area contributed by atoms with Crippen LogP contribution in [0.2, 0.25) is 0 Å². The van der Waals surface area contributed by atoms with Crippen molar-refractivity contribution in [2.75, 3.05) is 6.61 Å². The number of amides is 1. The molecule has 0 spiro atoms. The summed E-state index contributed by atoms with van der Waals surface area (Å²) < 4.78 is 7.33. The highest BCUT2D eigenvalue weighted by molar-refractivity contribution is 7.71. The molecule has 1 aliphatic rings. The van der Waals surface area contributed by atoms with Crippen molar-refractivity contribution in [3.05, 3.63) is 38.9 Å². The Morgan fingerprint density at radius 2 is 2.32 bits per heavy atom. The van der Waals surface area contributed by atoms with Crippen molar-refractivity contribution in [3.8, 4) is 0 Å². The van der Waals surface area contributed by atoms with Gasteiger partial charge in [0.1, 0.15) is 0 Å². The normalized spacial score (nSPS) is 18.4. The topological polar surface area (TPSA) is 76.1 Å². The van der Waals surface area contributed by atoms with Crippen LogP contribution in [0.1, 0.15) is 43.0 Å². The minimum Gasteiger partial charge on any atom is -0.378 e. The van der Waals surface area contributed by atoms with E-state index in [1.54, 1.807) is 25.2 Å². The molecule has 2 aromatic rings. The van der Waals surface area contributed by atoms with Gasteiger partial charge in [-0.15, -0.1) is 0 Å². The van der Waals surface area contributed by atoms with Gasteiger partial charge in [-0.25, -0.2) is 0 Å². The molecule has 1 aromatic heterocycles. The van der Waals surface area contributed by atoms with Crippen molar-refractivity contribution in [2.45, 2.75) is 44.8 Å². The van der Waals surface area contributed by atoms with E-state index in [-0.39, 0.29) is 17.5 Å². The number of ether oxygens (including phenoxy) is 1. The molecular weight excluding hydrogens is 338 g/mol. The summed E-state index contributed by atoms with van der Waals surface area (Å²) in [7, 11) is 1.62. The summed E-state index contributed by atoms with van der Waals surface area (Å²) in [6.45, 7) is 2.85. The van der Waals surface area contributed by atoms with Crippen LogP contribution in [0.25, 0.3) is 10.9 Å². The fourth-order valence-electron chi connectivity index (χ4n) is 3.13. The molecular formula is C18H23N3O3S. The molecule has 2 N–H and O–H groups in total. The first-order valence-electron chi connectivity index (χ1n) is 8.61. The van der Waals surface area contributed by atoms with E-state index in [2.05, 4.69) is 10.3 Å². The van der Waals surface area contributed by atoms with Crippen LogP contribution in [0.5, 0.6) is 0 Å². The van der Waals surface area contributed by atoms with Gasteiger partial charge in [-0.3, -0.25) is 14.2 Å². The number of hydrogen-bond donors (Lipinski definition) is 2. The molecule has 1 saturated heterocycles. The smallest absolute Gasteiger partial charge is 0.261 e. The summed E-state index contributed by atoms with van der Waals surface area (Å²) >= 11 is 5.13. The van der Waals surface area contributed by atoms with Gasteiger partial charge in [0.25, 0.3) is 11.5 Å². The molecule has 1 fully saturated rings. The van der Waals surface area contributed by atoms with Gasteiger partial charge in [-0.2, -0.15) is 0 Å². The van der Waals surface area contributed by atoms with Crippen molar-refractivity contribution in [3.63, 3.8) is 0 Å². The third-order valence-corrected chi connectivity index (χ3v) is 5.06. The zero-order valence-corrected chi connectivity index (χ0v) is 15.3. The third kappa shape index (κ3) is 3.99. The minimum absolute atomic E-state index is 0.0644. The number of H-pyrrole nitrogens is 1. The number of nitrogens with zero attached hydrogens (tertiary/aromatic N) is 1. The van der Waals surface area contributed by atoms with Crippen molar-refractivity contribution < 1.29 is 9.53 Å². The lowest BCUT2D eigenvalue weighted by Gasteiger charge is -2.16. The number of aromatic nitrogens is 2. The molecule has 1 aliphatic heterocycles. The van der Waals surface area contributed by atoms with E-state index in [0.717, 1.165) is 32.3 Å². The van der Waals surface area contributed by atoms with E-state index >= 15 is 0 Å². The van der Waals surface area contributed by atoms with Crippen LogP contribution in [-0.4, -0.2) is 34.2 Å². The van der Waals surface area contributed by atoms with Crippen LogP contribution in [0.3, 0.4) is 0 Å². The fourth-order valence-corrected chi connectivity index (χ4v) is 3.33. The van der Waals surface area contributed by atoms with E-state index in [1.165, 1.54) is 4.57 Å². The van der Waals surface area contributed by atoms with Crippen molar-refractivity contribution >= 4 is 29.0 Å². The second-order valence-electron chi connectivity index (χ2n) is 6.64. The highest BCUT2D eigenvalue weighted by Gasteiger charge is 2.17. The van der Waals surface area contributed by atoms with Crippen LogP contribution >= 0.6 is 12.2 Å². The number of benzene rings is 1. The monoisotopic (exact) mass is 361 g/mol. The van der Waals surface area contributed by atoms with Crippen LogP contribution in [0.15, 0.2) is 23.0 Å². The second-order valence-corrected chi connectivity index (χ2v) is 7.03. The van der Waals surface area contributed by atoms with Gasteiger partial charge in [0.2, 0.25) is 0 Å². The second kappa shape index (κ2) is 7.49. The number of hydrogen-bond acceptors (Lipinski definition) is 4. The van der Waals surface area contributed by atoms with Gasteiger partial charge in [-0.05, 0) is 63.0 Å². The maximum atomic E-state index is 12.5. The highest BCUT2D eigenvalue weighted by atomic mass is 32.1. The Kier molecular flexibility index (Phi) is 5.34. The largest absolute Gasteiger partial charge is 0.378 e. The number of aromatic amines is 1. The average molecular weight is 361 g/mol. The van der Waals surface area contributed by atoms with Crippen LogP contribution in [0.4, 0.5) is 0 Å². The Balaban J connectivity index is 1.70. The molecule has 0 aliphatic carbocycles. The quantitative estimate of drug-likeness (QED) is 0.803. The van der Waals surface area contributed by atoms with Gasteiger partial charge in [0.05, 0.1) is 17.0 Å². The lowest BCUT2D eigenvalue weighted by Crippen LogP contribution is -2.33. The summed E-state index contributed by atoms with van der Waals surface area (Å²) in [5.74, 6) is -0.151. The molecule has 2 atom stereocenters. The first-order chi connectivity index (χ1) is 12.0. The Morgan fingerprint density at radius 1 is 1.52 bits per heavy atom. The average Bonchev–Trinajstić information content (AvgIpc) is 3.11. The molecule has 7 heteroatoms. The predicted octanol–water partition coefficient (Wildman–Crippen LogP) is 2.67. The Morgan fingerprint density at radius 3 is 3.04 bits per heavy atom. The summed E-state index contributed by atoms with van der Waals surface area (Å²) in [5, 5.41) is 3.52. The summed E-state index contributed by atoms with van der Waals surface area (Å²) in [4.78, 5) is 27.6. The molecule has 3 rings (SSSR count). The van der Waals surface area contributed by atoms with E-state index in [0.29, 0.717) is 27.3 Å². The predicted molar refractivity (Wildman–Crippen MR) is 99.5 cm³/mol. The zero-order chi connectivity index (χ0) is 18.0. The molecule has 0 radical (unpaired) electrons. The molecule has 25 heavy (non-hydrogen) atoms. The van der Waals surface area contributed by atoms with Gasteiger partial charge < -0.3 is 15.0 Å². The molecule has 0 unspecified atom stereocenters. The fraction of sp³-hybridized carbons (Fsp3) is 0.500. The van der Waals surface area contributed by atoms with Crippen molar-refractivity contribution in [2.24, 2.45) is 7.05 Å². The number of rotatable bonds is 5. The molecule has 1 amide bonds. The summed E-state index contributed by atoms with van der Waals surface area (Å²) in [6.07, 6.45) is 4.41.